The molecule has 19 heavy (non-hydrogen) atoms. The molecule has 2 bridgehead atoms. The van der Waals surface area contributed by atoms with E-state index in [9.17, 15) is 0 Å². The van der Waals surface area contributed by atoms with Crippen LogP contribution in [0.3, 0.4) is 0 Å². The van der Waals surface area contributed by atoms with Gasteiger partial charge in [0.25, 0.3) is 0 Å². The maximum absolute atomic E-state index is 4.01. The van der Waals surface area contributed by atoms with E-state index in [-0.39, 0.29) is 0 Å². The summed E-state index contributed by atoms with van der Waals surface area (Å²) in [6, 6.07) is 4.28. The second-order valence-corrected chi connectivity index (χ2v) is 7.45. The maximum atomic E-state index is 4.01. The molecular formula is C16H29N3. The van der Waals surface area contributed by atoms with Gasteiger partial charge in [0, 0.05) is 43.3 Å². The number of nitrogens with zero attached hydrogens (tertiary/aromatic N) is 2. The molecule has 4 fully saturated rings. The van der Waals surface area contributed by atoms with Crippen LogP contribution in [0.4, 0.5) is 0 Å². The summed E-state index contributed by atoms with van der Waals surface area (Å²) in [5.41, 5.74) is 0. The molecule has 1 aliphatic carbocycles. The van der Waals surface area contributed by atoms with Gasteiger partial charge in [-0.25, -0.2) is 0 Å². The van der Waals surface area contributed by atoms with Gasteiger partial charge in [-0.1, -0.05) is 6.42 Å². The molecule has 0 spiro atoms. The maximum Gasteiger partial charge on any atom is 0.0209 e. The van der Waals surface area contributed by atoms with E-state index in [0.717, 1.165) is 30.2 Å². The van der Waals surface area contributed by atoms with Crippen molar-refractivity contribution in [3.63, 3.8) is 0 Å². The first-order chi connectivity index (χ1) is 9.29. The van der Waals surface area contributed by atoms with Gasteiger partial charge in [-0.2, -0.15) is 0 Å². The van der Waals surface area contributed by atoms with E-state index in [2.05, 4.69) is 22.2 Å². The van der Waals surface area contributed by atoms with E-state index in [1.165, 1.54) is 64.5 Å². The van der Waals surface area contributed by atoms with Crippen LogP contribution in [0, 0.1) is 0 Å². The molecular weight excluding hydrogens is 234 g/mol. The van der Waals surface area contributed by atoms with E-state index in [1.54, 1.807) is 0 Å². The first kappa shape index (κ1) is 12.6. The summed E-state index contributed by atoms with van der Waals surface area (Å²) < 4.78 is 0. The Morgan fingerprint density at radius 2 is 1.58 bits per heavy atom. The van der Waals surface area contributed by atoms with Crippen molar-refractivity contribution < 1.29 is 0 Å². The predicted octanol–water partition coefficient (Wildman–Crippen LogP) is 1.83. The minimum Gasteiger partial charge on any atom is -0.310 e. The summed E-state index contributed by atoms with van der Waals surface area (Å²) in [7, 11) is 2.36. The number of piperidine rings is 2. The number of hydrogen-bond donors (Lipinski definition) is 1. The highest BCUT2D eigenvalue weighted by Gasteiger charge is 2.39. The van der Waals surface area contributed by atoms with Crippen molar-refractivity contribution in [2.24, 2.45) is 0 Å². The van der Waals surface area contributed by atoms with Crippen LogP contribution in [0.1, 0.15) is 51.4 Å². The zero-order chi connectivity index (χ0) is 12.8. The topological polar surface area (TPSA) is 18.5 Å². The summed E-state index contributed by atoms with van der Waals surface area (Å²) >= 11 is 0. The number of hydrogen-bond acceptors (Lipinski definition) is 3. The Morgan fingerprint density at radius 3 is 2.26 bits per heavy atom. The van der Waals surface area contributed by atoms with Crippen LogP contribution in [0.5, 0.6) is 0 Å². The zero-order valence-electron chi connectivity index (χ0n) is 12.4. The number of rotatable bonds is 3. The lowest BCUT2D eigenvalue weighted by Gasteiger charge is -2.47. The molecule has 0 aromatic carbocycles. The van der Waals surface area contributed by atoms with Gasteiger partial charge >= 0.3 is 0 Å². The summed E-state index contributed by atoms with van der Waals surface area (Å²) in [6.07, 6.45) is 11.4. The second-order valence-electron chi connectivity index (χ2n) is 7.45. The molecule has 3 heteroatoms. The largest absolute Gasteiger partial charge is 0.310 e. The fraction of sp³-hybridized carbons (Fsp3) is 1.00. The molecule has 3 heterocycles. The van der Waals surface area contributed by atoms with Crippen molar-refractivity contribution in [3.05, 3.63) is 0 Å². The quantitative estimate of drug-likeness (QED) is 0.838. The van der Waals surface area contributed by atoms with E-state index >= 15 is 0 Å². The zero-order valence-corrected chi connectivity index (χ0v) is 12.4. The lowest BCUT2D eigenvalue weighted by molar-refractivity contribution is 0.0460. The van der Waals surface area contributed by atoms with Gasteiger partial charge in [-0.3, -0.25) is 4.90 Å². The van der Waals surface area contributed by atoms with E-state index in [0.29, 0.717) is 0 Å². The molecule has 0 amide bonds. The van der Waals surface area contributed by atoms with Gasteiger partial charge in [-0.05, 0) is 52.0 Å². The highest BCUT2D eigenvalue weighted by molar-refractivity contribution is 4.97. The van der Waals surface area contributed by atoms with Crippen LogP contribution in [0.2, 0.25) is 0 Å². The van der Waals surface area contributed by atoms with Crippen LogP contribution in [-0.4, -0.2) is 60.1 Å². The number of nitrogens with one attached hydrogen (secondary N) is 1. The minimum atomic E-state index is 0.787. The van der Waals surface area contributed by atoms with Crippen molar-refractivity contribution in [2.75, 3.05) is 20.1 Å². The van der Waals surface area contributed by atoms with Gasteiger partial charge in [0.1, 0.15) is 0 Å². The average molecular weight is 263 g/mol. The van der Waals surface area contributed by atoms with Crippen molar-refractivity contribution >= 4 is 0 Å². The van der Waals surface area contributed by atoms with Crippen LogP contribution >= 0.6 is 0 Å². The lowest BCUT2D eigenvalue weighted by Crippen LogP contribution is -2.56. The van der Waals surface area contributed by atoms with Gasteiger partial charge in [0.15, 0.2) is 0 Å². The molecule has 4 rings (SSSR count). The van der Waals surface area contributed by atoms with Gasteiger partial charge in [0.05, 0.1) is 0 Å². The highest BCUT2D eigenvalue weighted by atomic mass is 15.2. The Labute approximate surface area is 117 Å². The summed E-state index contributed by atoms with van der Waals surface area (Å²) in [4.78, 5) is 5.40. The van der Waals surface area contributed by atoms with Gasteiger partial charge < -0.3 is 10.2 Å². The molecule has 3 nitrogen and oxygen atoms in total. The minimum absolute atomic E-state index is 0.787. The van der Waals surface area contributed by atoms with Gasteiger partial charge in [0.2, 0.25) is 0 Å². The molecule has 3 saturated heterocycles. The Kier molecular flexibility index (Phi) is 3.33. The first-order valence-corrected chi connectivity index (χ1v) is 8.51. The molecule has 0 radical (unpaired) electrons. The van der Waals surface area contributed by atoms with Crippen LogP contribution in [0.25, 0.3) is 0 Å². The Balaban J connectivity index is 1.31. The van der Waals surface area contributed by atoms with Crippen molar-refractivity contribution in [2.45, 2.75) is 81.6 Å². The molecule has 0 aromatic heterocycles. The van der Waals surface area contributed by atoms with Crippen LogP contribution < -0.4 is 5.32 Å². The summed E-state index contributed by atoms with van der Waals surface area (Å²) in [6.45, 7) is 2.67. The van der Waals surface area contributed by atoms with Crippen molar-refractivity contribution in [1.82, 2.24) is 15.1 Å². The molecule has 108 valence electrons. The monoisotopic (exact) mass is 263 g/mol. The fourth-order valence-corrected chi connectivity index (χ4v) is 4.78. The normalized spacial score (nSPS) is 44.7. The van der Waals surface area contributed by atoms with E-state index < -0.39 is 0 Å². The van der Waals surface area contributed by atoms with E-state index in [4.69, 9.17) is 0 Å². The first-order valence-electron chi connectivity index (χ1n) is 8.51. The predicted molar refractivity (Wildman–Crippen MR) is 78.3 cm³/mol. The Bertz CT molecular complexity index is 314. The average Bonchev–Trinajstić information content (AvgIpc) is 3.12. The molecule has 1 N–H and O–H groups in total. The van der Waals surface area contributed by atoms with E-state index in [1.807, 2.05) is 0 Å². The standard InChI is InChI=1S/C16H29N3/c1-18-15-3-2-4-16(18)10-13(9-15)17-12-7-8-19(11-12)14-5-6-14/h12-17H,2-11H2,1H3. The lowest BCUT2D eigenvalue weighted by atomic mass is 9.82. The number of likely N-dealkylation sites (tertiary alicyclic amines) is 1. The third-order valence-electron chi connectivity index (χ3n) is 6.09. The molecule has 4 aliphatic rings. The van der Waals surface area contributed by atoms with Crippen molar-refractivity contribution in [1.29, 1.82) is 0 Å². The summed E-state index contributed by atoms with van der Waals surface area (Å²) in [5.74, 6) is 0. The van der Waals surface area contributed by atoms with Crippen molar-refractivity contribution in [3.8, 4) is 0 Å². The SMILES string of the molecule is CN1C2CCCC1CC(NC1CCN(C3CC3)C1)C2. The van der Waals surface area contributed by atoms with Crippen LogP contribution in [-0.2, 0) is 0 Å². The molecule has 1 saturated carbocycles. The molecule has 0 aromatic rings. The molecule has 3 unspecified atom stereocenters. The highest BCUT2D eigenvalue weighted by Crippen LogP contribution is 2.34. The summed E-state index contributed by atoms with van der Waals surface area (Å²) in [5, 5.41) is 4.01. The molecule has 3 aliphatic heterocycles. The molecule has 3 atom stereocenters. The van der Waals surface area contributed by atoms with Crippen LogP contribution in [0.15, 0.2) is 0 Å². The third-order valence-corrected chi connectivity index (χ3v) is 6.09. The fourth-order valence-electron chi connectivity index (χ4n) is 4.78. The van der Waals surface area contributed by atoms with Gasteiger partial charge in [-0.15, -0.1) is 0 Å². The Morgan fingerprint density at radius 1 is 0.842 bits per heavy atom. The Hall–Kier alpha value is -0.120. The third kappa shape index (κ3) is 2.57. The number of fused-ring (bicyclic) bond motifs is 2. The second kappa shape index (κ2) is 5.01. The smallest absolute Gasteiger partial charge is 0.0209 e.